The molecule has 0 unspecified atom stereocenters. The van der Waals surface area contributed by atoms with Gasteiger partial charge in [0.2, 0.25) is 0 Å². The van der Waals surface area contributed by atoms with Crippen LogP contribution in [0.5, 0.6) is 5.75 Å². The Balaban J connectivity index is 1.22. The number of benzene rings is 3. The second-order valence-electron chi connectivity index (χ2n) is 12.6. The van der Waals surface area contributed by atoms with Gasteiger partial charge in [-0.15, -0.1) is 0 Å². The topological polar surface area (TPSA) is 56.8 Å². The van der Waals surface area contributed by atoms with Gasteiger partial charge in [0.25, 0.3) is 5.91 Å². The van der Waals surface area contributed by atoms with Gasteiger partial charge in [-0.2, -0.15) is 0 Å². The van der Waals surface area contributed by atoms with Crippen LogP contribution in [0.4, 0.5) is 0 Å². The summed E-state index contributed by atoms with van der Waals surface area (Å²) in [7, 11) is 3.76. The molecule has 2 aliphatic heterocycles. The lowest BCUT2D eigenvalue weighted by molar-refractivity contribution is -0.128. The van der Waals surface area contributed by atoms with Crippen molar-refractivity contribution in [1.29, 1.82) is 0 Å². The fourth-order valence-corrected chi connectivity index (χ4v) is 7.31. The molecule has 0 aromatic heterocycles. The maximum absolute atomic E-state index is 14.5. The van der Waals surface area contributed by atoms with Crippen LogP contribution >= 0.6 is 34.8 Å². The van der Waals surface area contributed by atoms with Gasteiger partial charge in [-0.3, -0.25) is 4.79 Å². The number of halogens is 3. The molecule has 238 valence electrons. The van der Waals surface area contributed by atoms with Crippen molar-refractivity contribution in [3.05, 3.63) is 103 Å². The summed E-state index contributed by atoms with van der Waals surface area (Å²) in [4.78, 5) is 18.8. The number of piperazine rings is 1. The van der Waals surface area contributed by atoms with Crippen molar-refractivity contribution in [2.45, 2.75) is 63.8 Å². The normalized spacial score (nSPS) is 19.6. The molecule has 2 heterocycles. The standard InChI is InChI=1S/C36H41Cl3N4O2/c1-22-25(5-4-6-33(22)45-3)20-43(27-11-12-27)36(44)34-28(17-26-18-40-19-32(34)41-26)24-9-7-23(8-10-24)15-16-42(2)21-29-30(37)13-14-31(38)35(29)39/h4-10,13-14,26-27,32,40-41H,11-12,15-21H2,1-3H3/t26-,32+/m0/s1. The lowest BCUT2D eigenvalue weighted by Gasteiger charge is -2.41. The van der Waals surface area contributed by atoms with Gasteiger partial charge < -0.3 is 25.2 Å². The van der Waals surface area contributed by atoms with Gasteiger partial charge in [0.05, 0.1) is 23.2 Å². The summed E-state index contributed by atoms with van der Waals surface area (Å²) < 4.78 is 5.58. The molecule has 3 aromatic rings. The molecule has 2 N–H and O–H groups in total. The van der Waals surface area contributed by atoms with E-state index in [4.69, 9.17) is 39.5 Å². The first-order valence-electron chi connectivity index (χ1n) is 15.8. The Morgan fingerprint density at radius 3 is 2.47 bits per heavy atom. The van der Waals surface area contributed by atoms with Crippen LogP contribution in [0.3, 0.4) is 0 Å². The molecule has 6 nitrogen and oxygen atoms in total. The molecule has 9 heteroatoms. The summed E-state index contributed by atoms with van der Waals surface area (Å²) in [5.41, 5.74) is 7.54. The van der Waals surface area contributed by atoms with Gasteiger partial charge >= 0.3 is 0 Å². The summed E-state index contributed by atoms with van der Waals surface area (Å²) in [6.45, 7) is 5.78. The van der Waals surface area contributed by atoms with Crippen LogP contribution in [0.2, 0.25) is 15.1 Å². The zero-order valence-electron chi connectivity index (χ0n) is 26.1. The molecule has 3 aliphatic rings. The third-order valence-corrected chi connectivity index (χ3v) is 10.6. The third kappa shape index (κ3) is 7.22. The van der Waals surface area contributed by atoms with E-state index in [-0.39, 0.29) is 18.0 Å². The summed E-state index contributed by atoms with van der Waals surface area (Å²) in [6, 6.07) is 19.0. The monoisotopic (exact) mass is 666 g/mol. The van der Waals surface area contributed by atoms with Gasteiger partial charge in [-0.25, -0.2) is 0 Å². The highest BCUT2D eigenvalue weighted by Gasteiger charge is 2.41. The van der Waals surface area contributed by atoms with Crippen molar-refractivity contribution >= 4 is 46.3 Å². The molecule has 1 saturated heterocycles. The number of hydrogen-bond donors (Lipinski definition) is 2. The second kappa shape index (κ2) is 14.0. The molecule has 3 aromatic carbocycles. The number of nitrogens with zero attached hydrogens (tertiary/aromatic N) is 2. The quantitative estimate of drug-likeness (QED) is 0.218. The predicted octanol–water partition coefficient (Wildman–Crippen LogP) is 6.92. The second-order valence-corrected chi connectivity index (χ2v) is 13.8. The van der Waals surface area contributed by atoms with Crippen molar-refractivity contribution < 1.29 is 9.53 Å². The molecular formula is C36H41Cl3N4O2. The highest BCUT2D eigenvalue weighted by atomic mass is 35.5. The van der Waals surface area contributed by atoms with E-state index in [0.717, 1.165) is 78.9 Å². The number of methoxy groups -OCH3 is 1. The van der Waals surface area contributed by atoms with Crippen molar-refractivity contribution in [3.8, 4) is 5.75 Å². The van der Waals surface area contributed by atoms with E-state index in [1.54, 1.807) is 19.2 Å². The minimum atomic E-state index is -0.00822. The maximum atomic E-state index is 14.5. The molecule has 1 amide bonds. The zero-order valence-corrected chi connectivity index (χ0v) is 28.4. The van der Waals surface area contributed by atoms with E-state index in [1.807, 2.05) is 12.1 Å². The predicted molar refractivity (Wildman–Crippen MR) is 184 cm³/mol. The Bertz CT molecular complexity index is 1590. The number of nitrogens with one attached hydrogen (secondary N) is 2. The van der Waals surface area contributed by atoms with E-state index in [2.05, 4.69) is 64.7 Å². The Morgan fingerprint density at radius 2 is 1.73 bits per heavy atom. The number of rotatable bonds is 11. The molecule has 6 rings (SSSR count). The Hall–Kier alpha value is -2.58. The molecule has 0 spiro atoms. The third-order valence-electron chi connectivity index (χ3n) is 9.39. The number of ether oxygens (including phenoxy) is 1. The van der Waals surface area contributed by atoms with Gasteiger partial charge in [0.1, 0.15) is 5.75 Å². The van der Waals surface area contributed by atoms with Gasteiger partial charge in [-0.05, 0) is 85.7 Å². The lowest BCUT2D eigenvalue weighted by Crippen LogP contribution is -2.60. The summed E-state index contributed by atoms with van der Waals surface area (Å²) in [5.74, 6) is 1.01. The average Bonchev–Trinajstić information content (AvgIpc) is 3.89. The summed E-state index contributed by atoms with van der Waals surface area (Å²) >= 11 is 19.1. The Kier molecular flexibility index (Phi) is 10.1. The molecule has 1 aliphatic carbocycles. The molecule has 1 saturated carbocycles. The summed E-state index contributed by atoms with van der Waals surface area (Å²) in [5, 5.41) is 8.95. The van der Waals surface area contributed by atoms with Crippen molar-refractivity contribution in [1.82, 2.24) is 20.4 Å². The van der Waals surface area contributed by atoms with E-state index in [0.29, 0.717) is 34.2 Å². The molecular weight excluding hydrogens is 627 g/mol. The maximum Gasteiger partial charge on any atom is 0.252 e. The van der Waals surface area contributed by atoms with Crippen LogP contribution in [0.1, 0.15) is 47.1 Å². The Labute approximate surface area is 281 Å². The van der Waals surface area contributed by atoms with Crippen LogP contribution in [0.15, 0.2) is 60.2 Å². The first-order chi connectivity index (χ1) is 21.7. The SMILES string of the molecule is COc1cccc(CN(C(=O)C2=C(c3ccc(CCN(C)Cc4c(Cl)ccc(Cl)c4Cl)cc3)C[C@H]3CNC[C@H]2N3)C2CC2)c1C. The number of fused-ring (bicyclic) bond motifs is 2. The van der Waals surface area contributed by atoms with E-state index < -0.39 is 0 Å². The first kappa shape index (κ1) is 32.4. The van der Waals surface area contributed by atoms with Crippen molar-refractivity contribution in [3.63, 3.8) is 0 Å². The van der Waals surface area contributed by atoms with Crippen LogP contribution in [0, 0.1) is 6.92 Å². The summed E-state index contributed by atoms with van der Waals surface area (Å²) in [6.07, 6.45) is 3.80. The van der Waals surface area contributed by atoms with Crippen molar-refractivity contribution in [2.75, 3.05) is 33.8 Å². The molecule has 2 fully saturated rings. The van der Waals surface area contributed by atoms with E-state index >= 15 is 0 Å². The Morgan fingerprint density at radius 1 is 0.978 bits per heavy atom. The average molecular weight is 668 g/mol. The minimum Gasteiger partial charge on any atom is -0.496 e. The van der Waals surface area contributed by atoms with Crippen molar-refractivity contribution in [2.24, 2.45) is 0 Å². The smallest absolute Gasteiger partial charge is 0.252 e. The largest absolute Gasteiger partial charge is 0.496 e. The minimum absolute atomic E-state index is 0.00822. The van der Waals surface area contributed by atoms with Crippen LogP contribution in [0.25, 0.3) is 5.57 Å². The zero-order chi connectivity index (χ0) is 31.7. The fourth-order valence-electron chi connectivity index (χ4n) is 6.64. The van der Waals surface area contributed by atoms with Crippen LogP contribution < -0.4 is 15.4 Å². The number of amides is 1. The number of carbonyl (C=O) groups excluding carboxylic acids is 1. The molecule has 2 atom stereocenters. The molecule has 0 radical (unpaired) electrons. The van der Waals surface area contributed by atoms with Crippen LogP contribution in [-0.2, 0) is 24.3 Å². The highest BCUT2D eigenvalue weighted by molar-refractivity contribution is 6.44. The molecule has 2 bridgehead atoms. The van der Waals surface area contributed by atoms with Gasteiger partial charge in [0, 0.05) is 61.0 Å². The van der Waals surface area contributed by atoms with Crippen LogP contribution in [-0.4, -0.2) is 67.6 Å². The van der Waals surface area contributed by atoms with Gasteiger partial charge in [0.15, 0.2) is 0 Å². The highest BCUT2D eigenvalue weighted by Crippen LogP contribution is 2.37. The number of hydrogen-bond acceptors (Lipinski definition) is 5. The van der Waals surface area contributed by atoms with Gasteiger partial charge in [-0.1, -0.05) is 71.2 Å². The lowest BCUT2D eigenvalue weighted by atomic mass is 9.83. The van der Waals surface area contributed by atoms with E-state index in [1.165, 1.54) is 11.1 Å². The molecule has 45 heavy (non-hydrogen) atoms. The number of likely N-dealkylation sites (N-methyl/N-ethyl adjacent to an activating group) is 1. The number of carbonyl (C=O) groups is 1. The fraction of sp³-hybridized carbons (Fsp3) is 0.417. The van der Waals surface area contributed by atoms with E-state index in [9.17, 15) is 4.79 Å². The first-order valence-corrected chi connectivity index (χ1v) is 16.9.